The lowest BCUT2D eigenvalue weighted by Gasteiger charge is -2.34. The normalized spacial score (nSPS) is 15.5. The molecule has 0 unspecified atom stereocenters. The summed E-state index contributed by atoms with van der Waals surface area (Å²) >= 11 is 1.47. The number of carbonyl (C=O) groups is 2. The average Bonchev–Trinajstić information content (AvgIpc) is 3.12. The lowest BCUT2D eigenvalue weighted by atomic mass is 10.0. The molecule has 1 aliphatic heterocycles. The largest absolute Gasteiger partial charge is 0.444 e. The number of rotatable bonds is 3. The van der Waals surface area contributed by atoms with Gasteiger partial charge in [-0.05, 0) is 39.9 Å². The van der Waals surface area contributed by atoms with Gasteiger partial charge in [0.1, 0.15) is 5.60 Å². The third kappa shape index (κ3) is 4.19. The van der Waals surface area contributed by atoms with E-state index < -0.39 is 11.5 Å². The number of nitrogens with zero attached hydrogens (tertiary/aromatic N) is 4. The van der Waals surface area contributed by atoms with Crippen LogP contribution in [0.3, 0.4) is 0 Å². The predicted molar refractivity (Wildman–Crippen MR) is 121 cm³/mol. The Labute approximate surface area is 185 Å². The molecule has 31 heavy (non-hydrogen) atoms. The number of aromatic nitrogens is 3. The number of hydrogen-bond donors (Lipinski definition) is 1. The van der Waals surface area contributed by atoms with Crippen LogP contribution in [0.15, 0.2) is 29.7 Å². The van der Waals surface area contributed by atoms with Crippen LogP contribution in [0.4, 0.5) is 4.79 Å². The molecule has 0 aliphatic carbocycles. The van der Waals surface area contributed by atoms with Crippen molar-refractivity contribution in [3.63, 3.8) is 0 Å². The van der Waals surface area contributed by atoms with E-state index >= 15 is 0 Å². The van der Waals surface area contributed by atoms with E-state index in [1.807, 2.05) is 45.4 Å². The molecule has 1 aliphatic rings. The molecule has 1 aromatic carbocycles. The van der Waals surface area contributed by atoms with Crippen molar-refractivity contribution < 1.29 is 14.3 Å². The zero-order chi connectivity index (χ0) is 22.3. The van der Waals surface area contributed by atoms with Crippen LogP contribution in [-0.2, 0) is 4.74 Å². The van der Waals surface area contributed by atoms with E-state index in [9.17, 15) is 9.59 Å². The number of fused-ring (bicyclic) bond motifs is 3. The smallest absolute Gasteiger partial charge is 0.410 e. The molecule has 3 aromatic rings. The van der Waals surface area contributed by atoms with E-state index in [1.165, 1.54) is 11.8 Å². The van der Waals surface area contributed by atoms with Crippen LogP contribution in [0.5, 0.6) is 0 Å². The van der Waals surface area contributed by atoms with Crippen LogP contribution < -0.4 is 5.73 Å². The second-order valence-electron chi connectivity index (χ2n) is 8.77. The van der Waals surface area contributed by atoms with Gasteiger partial charge in [-0.1, -0.05) is 23.9 Å². The van der Waals surface area contributed by atoms with Crippen LogP contribution in [-0.4, -0.2) is 56.4 Å². The number of ether oxygens (including phenoxy) is 1. The van der Waals surface area contributed by atoms with Gasteiger partial charge in [0, 0.05) is 42.3 Å². The molecule has 2 aromatic heterocycles. The molecule has 9 heteroatoms. The topological polar surface area (TPSA) is 103 Å². The molecular weight excluding hydrogens is 414 g/mol. The van der Waals surface area contributed by atoms with Crippen molar-refractivity contribution in [2.24, 2.45) is 5.73 Å². The molecule has 2 amide bonds. The van der Waals surface area contributed by atoms with E-state index in [2.05, 4.69) is 9.55 Å². The molecule has 1 fully saturated rings. The van der Waals surface area contributed by atoms with Gasteiger partial charge in [-0.3, -0.25) is 4.79 Å². The maximum Gasteiger partial charge on any atom is 0.410 e. The molecule has 8 nitrogen and oxygen atoms in total. The van der Waals surface area contributed by atoms with Gasteiger partial charge in [0.15, 0.2) is 5.16 Å². The lowest BCUT2D eigenvalue weighted by Crippen LogP contribution is -2.42. The Bertz CT molecular complexity index is 1160. The highest BCUT2D eigenvalue weighted by Gasteiger charge is 2.29. The van der Waals surface area contributed by atoms with Crippen molar-refractivity contribution in [1.29, 1.82) is 0 Å². The van der Waals surface area contributed by atoms with Crippen molar-refractivity contribution in [3.05, 3.63) is 30.1 Å². The number of hydrogen-bond acceptors (Lipinski definition) is 6. The van der Waals surface area contributed by atoms with Gasteiger partial charge in [0.05, 0.1) is 16.6 Å². The fourth-order valence-electron chi connectivity index (χ4n) is 4.05. The molecule has 1 saturated heterocycles. The van der Waals surface area contributed by atoms with Gasteiger partial charge in [-0.2, -0.15) is 0 Å². The summed E-state index contributed by atoms with van der Waals surface area (Å²) in [6, 6.07) is 3.95. The summed E-state index contributed by atoms with van der Waals surface area (Å²) in [5.74, 6) is -0.464. The SMILES string of the molecule is CSc1ncc2ccc3c(C(N)=O)cn(C4CCN(C(=O)OC(C)(C)C)CC4)c3c2n1. The van der Waals surface area contributed by atoms with Gasteiger partial charge >= 0.3 is 6.09 Å². The van der Waals surface area contributed by atoms with Gasteiger partial charge in [0.2, 0.25) is 0 Å². The third-order valence-corrected chi connectivity index (χ3v) is 6.04. The fourth-order valence-corrected chi connectivity index (χ4v) is 4.39. The first kappa shape index (κ1) is 21.4. The summed E-state index contributed by atoms with van der Waals surface area (Å²) < 4.78 is 7.62. The van der Waals surface area contributed by atoms with Crippen molar-refractivity contribution in [2.75, 3.05) is 19.3 Å². The summed E-state index contributed by atoms with van der Waals surface area (Å²) in [5.41, 5.74) is 7.34. The van der Waals surface area contributed by atoms with E-state index in [0.717, 1.165) is 34.6 Å². The number of thioether (sulfide) groups is 1. The second-order valence-corrected chi connectivity index (χ2v) is 9.54. The molecule has 0 atom stereocenters. The second kappa shape index (κ2) is 8.03. The van der Waals surface area contributed by atoms with Gasteiger partial charge in [-0.15, -0.1) is 0 Å². The number of benzene rings is 1. The minimum absolute atomic E-state index is 0.118. The highest BCUT2D eigenvalue weighted by Crippen LogP contribution is 2.34. The molecule has 0 radical (unpaired) electrons. The molecule has 2 N–H and O–H groups in total. The van der Waals surface area contributed by atoms with E-state index in [4.69, 9.17) is 15.5 Å². The Kier molecular flexibility index (Phi) is 5.55. The van der Waals surface area contributed by atoms with E-state index in [1.54, 1.807) is 11.1 Å². The maximum absolute atomic E-state index is 12.4. The Hall–Kier alpha value is -2.81. The highest BCUT2D eigenvalue weighted by atomic mass is 32.2. The highest BCUT2D eigenvalue weighted by molar-refractivity contribution is 7.98. The number of amides is 2. The minimum Gasteiger partial charge on any atom is -0.444 e. The molecule has 3 heterocycles. The predicted octanol–water partition coefficient (Wildman–Crippen LogP) is 3.98. The summed E-state index contributed by atoms with van der Waals surface area (Å²) in [7, 11) is 0. The number of carbonyl (C=O) groups excluding carboxylic acids is 2. The van der Waals surface area contributed by atoms with Crippen LogP contribution in [0, 0.1) is 0 Å². The summed E-state index contributed by atoms with van der Waals surface area (Å²) in [6.45, 7) is 6.77. The van der Waals surface area contributed by atoms with Gasteiger partial charge in [-0.25, -0.2) is 14.8 Å². The number of primary amides is 1. The maximum atomic E-state index is 12.4. The first-order valence-corrected chi connectivity index (χ1v) is 11.5. The van der Waals surface area contributed by atoms with Crippen molar-refractivity contribution in [1.82, 2.24) is 19.4 Å². The Morgan fingerprint density at radius 3 is 2.55 bits per heavy atom. The molecule has 0 saturated carbocycles. The van der Waals surface area contributed by atoms with Crippen LogP contribution in [0.1, 0.15) is 50.0 Å². The van der Waals surface area contributed by atoms with Gasteiger partial charge in [0.25, 0.3) is 5.91 Å². The standard InChI is InChI=1S/C22H27N5O3S/c1-22(2,3)30-21(29)26-9-7-14(8-10-26)27-12-16(19(23)28)15-6-5-13-11-24-20(31-4)25-17(13)18(15)27/h5-6,11-12,14H,7-10H2,1-4H3,(H2,23,28). The summed E-state index contributed by atoms with van der Waals surface area (Å²) in [6.07, 6.45) is 6.78. The van der Waals surface area contributed by atoms with Crippen LogP contribution >= 0.6 is 11.8 Å². The van der Waals surface area contributed by atoms with E-state index in [0.29, 0.717) is 23.8 Å². The molecule has 4 rings (SSSR count). The number of piperidine rings is 1. The van der Waals surface area contributed by atoms with Crippen LogP contribution in [0.2, 0.25) is 0 Å². The third-order valence-electron chi connectivity index (χ3n) is 5.48. The molecule has 0 spiro atoms. The average molecular weight is 442 g/mol. The Morgan fingerprint density at radius 2 is 1.94 bits per heavy atom. The lowest BCUT2D eigenvalue weighted by molar-refractivity contribution is 0.0189. The molecule has 164 valence electrons. The monoisotopic (exact) mass is 441 g/mol. The fraction of sp³-hybridized carbons (Fsp3) is 0.455. The summed E-state index contributed by atoms with van der Waals surface area (Å²) in [4.78, 5) is 35.4. The number of likely N-dealkylation sites (tertiary alicyclic amines) is 1. The first-order valence-electron chi connectivity index (χ1n) is 10.3. The minimum atomic E-state index is -0.519. The first-order chi connectivity index (χ1) is 14.7. The van der Waals surface area contributed by atoms with E-state index in [-0.39, 0.29) is 12.1 Å². The van der Waals surface area contributed by atoms with Crippen LogP contribution in [0.25, 0.3) is 21.8 Å². The number of nitrogens with two attached hydrogens (primary N) is 1. The quantitative estimate of drug-likeness (QED) is 0.487. The van der Waals surface area contributed by atoms with Crippen molar-refractivity contribution >= 4 is 45.6 Å². The van der Waals surface area contributed by atoms with Crippen molar-refractivity contribution in [2.45, 2.75) is 50.4 Å². The zero-order valence-electron chi connectivity index (χ0n) is 18.2. The molecular formula is C22H27N5O3S. The molecule has 0 bridgehead atoms. The van der Waals surface area contributed by atoms with Gasteiger partial charge < -0.3 is 19.9 Å². The Morgan fingerprint density at radius 1 is 1.23 bits per heavy atom. The van der Waals surface area contributed by atoms with Crippen molar-refractivity contribution in [3.8, 4) is 0 Å². The zero-order valence-corrected chi connectivity index (χ0v) is 19.0. The summed E-state index contributed by atoms with van der Waals surface area (Å²) in [5, 5.41) is 2.38. The Balaban J connectivity index is 1.72.